The molecule has 0 aliphatic carbocycles. The van der Waals surface area contributed by atoms with Crippen LogP contribution in [0.3, 0.4) is 0 Å². The molecule has 2 unspecified atom stereocenters. The molecule has 1 aliphatic heterocycles. The van der Waals surface area contributed by atoms with Crippen LogP contribution < -0.4 is 5.73 Å². The van der Waals surface area contributed by atoms with Crippen LogP contribution in [-0.4, -0.2) is 33.4 Å². The number of carbonyl (C=O) groups excluding carboxylic acids is 1. The number of aryl methyl sites for hydroxylation is 2. The zero-order valence-corrected chi connectivity index (χ0v) is 14.5. The summed E-state index contributed by atoms with van der Waals surface area (Å²) in [6.45, 7) is 5.63. The summed E-state index contributed by atoms with van der Waals surface area (Å²) in [4.78, 5) is 19.1. The number of rotatable bonds is 4. The van der Waals surface area contributed by atoms with Crippen molar-refractivity contribution in [1.29, 1.82) is 0 Å². The summed E-state index contributed by atoms with van der Waals surface area (Å²) >= 11 is 0. The average Bonchev–Trinajstić information content (AvgIpc) is 3.10. The molecule has 3 rings (SSSR count). The number of benzene rings is 1. The molecule has 1 saturated heterocycles. The summed E-state index contributed by atoms with van der Waals surface area (Å²) in [5, 5.41) is 0. The molecule has 1 aromatic carbocycles. The Labute approximate surface area is 143 Å². The van der Waals surface area contributed by atoms with Crippen molar-refractivity contribution in [3.05, 3.63) is 53.6 Å². The predicted octanol–water partition coefficient (Wildman–Crippen LogP) is 2.62. The van der Waals surface area contributed by atoms with Gasteiger partial charge in [0.15, 0.2) is 0 Å². The minimum Gasteiger partial charge on any atom is -0.339 e. The van der Waals surface area contributed by atoms with Gasteiger partial charge in [0, 0.05) is 31.9 Å². The Bertz CT molecular complexity index is 692. The number of carbonyl (C=O) groups is 1. The van der Waals surface area contributed by atoms with Gasteiger partial charge in [-0.15, -0.1) is 0 Å². The lowest BCUT2D eigenvalue weighted by Gasteiger charge is -2.35. The third-order valence-corrected chi connectivity index (χ3v) is 4.87. The molecule has 128 valence electrons. The highest BCUT2D eigenvalue weighted by Gasteiger charge is 2.29. The van der Waals surface area contributed by atoms with Crippen LogP contribution in [0.2, 0.25) is 0 Å². The quantitative estimate of drug-likeness (QED) is 0.939. The molecule has 1 aliphatic rings. The zero-order valence-electron chi connectivity index (χ0n) is 14.5. The van der Waals surface area contributed by atoms with Gasteiger partial charge in [-0.3, -0.25) is 4.79 Å². The summed E-state index contributed by atoms with van der Waals surface area (Å²) in [6, 6.07) is 7.61. The molecule has 0 saturated carbocycles. The fraction of sp³-hybridized carbons (Fsp3) is 0.474. The molecule has 5 heteroatoms. The first-order chi connectivity index (χ1) is 11.6. The highest BCUT2D eigenvalue weighted by atomic mass is 16.2. The third-order valence-electron chi connectivity index (χ3n) is 4.87. The maximum absolute atomic E-state index is 12.8. The molecule has 1 amide bonds. The third kappa shape index (κ3) is 3.36. The first kappa shape index (κ1) is 16.7. The SMILES string of the molecule is CCc1nccn1C1CCCN(C(=O)C(N)c2ccc(C)cc2)C1. The van der Waals surface area contributed by atoms with E-state index in [0.717, 1.165) is 37.2 Å². The molecule has 1 aromatic heterocycles. The van der Waals surface area contributed by atoms with Crippen LogP contribution >= 0.6 is 0 Å². The Morgan fingerprint density at radius 3 is 2.83 bits per heavy atom. The Morgan fingerprint density at radius 2 is 2.12 bits per heavy atom. The van der Waals surface area contributed by atoms with E-state index in [9.17, 15) is 4.79 Å². The lowest BCUT2D eigenvalue weighted by molar-refractivity contribution is -0.134. The van der Waals surface area contributed by atoms with Crippen molar-refractivity contribution in [2.75, 3.05) is 13.1 Å². The molecule has 0 spiro atoms. The minimum absolute atomic E-state index is 0.0155. The summed E-state index contributed by atoms with van der Waals surface area (Å²) in [5.41, 5.74) is 8.28. The monoisotopic (exact) mass is 326 g/mol. The standard InChI is InChI=1S/C19H26N4O/c1-3-17-21-10-12-23(17)16-5-4-11-22(13-16)19(24)18(20)15-8-6-14(2)7-9-15/h6-10,12,16,18H,3-5,11,13,20H2,1-2H3. The molecular formula is C19H26N4O. The number of nitrogens with zero attached hydrogens (tertiary/aromatic N) is 3. The first-order valence-electron chi connectivity index (χ1n) is 8.72. The molecule has 2 atom stereocenters. The van der Waals surface area contributed by atoms with E-state index < -0.39 is 6.04 Å². The maximum atomic E-state index is 12.8. The van der Waals surface area contributed by atoms with Crippen molar-refractivity contribution >= 4 is 5.91 Å². The lowest BCUT2D eigenvalue weighted by atomic mass is 10.0. The van der Waals surface area contributed by atoms with Gasteiger partial charge in [0.05, 0.1) is 6.04 Å². The Hall–Kier alpha value is -2.14. The smallest absolute Gasteiger partial charge is 0.244 e. The molecule has 2 heterocycles. The topological polar surface area (TPSA) is 64.2 Å². The van der Waals surface area contributed by atoms with Gasteiger partial charge >= 0.3 is 0 Å². The van der Waals surface area contributed by atoms with Crippen LogP contribution in [-0.2, 0) is 11.2 Å². The van der Waals surface area contributed by atoms with Gasteiger partial charge in [-0.2, -0.15) is 0 Å². The second kappa shape index (κ2) is 7.18. The fourth-order valence-corrected chi connectivity index (χ4v) is 3.45. The number of aromatic nitrogens is 2. The van der Waals surface area contributed by atoms with Crippen LogP contribution in [0.15, 0.2) is 36.7 Å². The molecule has 2 N–H and O–H groups in total. The molecule has 2 aromatic rings. The number of likely N-dealkylation sites (tertiary alicyclic amines) is 1. The number of hydrogen-bond acceptors (Lipinski definition) is 3. The summed E-state index contributed by atoms with van der Waals surface area (Å²) in [7, 11) is 0. The van der Waals surface area contributed by atoms with E-state index in [0.29, 0.717) is 12.6 Å². The number of nitrogens with two attached hydrogens (primary N) is 1. The van der Waals surface area contributed by atoms with Crippen LogP contribution in [0.1, 0.15) is 48.8 Å². The van der Waals surface area contributed by atoms with Gasteiger partial charge in [-0.25, -0.2) is 4.98 Å². The Morgan fingerprint density at radius 1 is 1.38 bits per heavy atom. The van der Waals surface area contributed by atoms with Crippen LogP contribution in [0.5, 0.6) is 0 Å². The van der Waals surface area contributed by atoms with Gasteiger partial charge in [0.2, 0.25) is 5.91 Å². The maximum Gasteiger partial charge on any atom is 0.244 e. The molecule has 0 radical (unpaired) electrons. The van der Waals surface area contributed by atoms with Crippen molar-refractivity contribution < 1.29 is 4.79 Å². The molecule has 0 bridgehead atoms. The molecule has 24 heavy (non-hydrogen) atoms. The van der Waals surface area contributed by atoms with Gasteiger partial charge < -0.3 is 15.2 Å². The zero-order chi connectivity index (χ0) is 17.1. The van der Waals surface area contributed by atoms with Crippen LogP contribution in [0.4, 0.5) is 0 Å². The van der Waals surface area contributed by atoms with Crippen molar-refractivity contribution in [3.63, 3.8) is 0 Å². The number of imidazole rings is 1. The van der Waals surface area contributed by atoms with E-state index in [1.54, 1.807) is 0 Å². The average molecular weight is 326 g/mol. The lowest BCUT2D eigenvalue weighted by Crippen LogP contribution is -2.45. The summed E-state index contributed by atoms with van der Waals surface area (Å²) < 4.78 is 2.22. The van der Waals surface area contributed by atoms with E-state index in [4.69, 9.17) is 5.73 Å². The van der Waals surface area contributed by atoms with Gasteiger partial charge in [0.25, 0.3) is 0 Å². The van der Waals surface area contributed by atoms with Crippen molar-refractivity contribution in [2.24, 2.45) is 5.73 Å². The van der Waals surface area contributed by atoms with Crippen LogP contribution in [0, 0.1) is 6.92 Å². The fourth-order valence-electron chi connectivity index (χ4n) is 3.45. The van der Waals surface area contributed by atoms with Gasteiger partial charge in [-0.05, 0) is 25.3 Å². The van der Waals surface area contributed by atoms with Crippen molar-refractivity contribution in [3.8, 4) is 0 Å². The second-order valence-electron chi connectivity index (χ2n) is 6.57. The van der Waals surface area contributed by atoms with Crippen LogP contribution in [0.25, 0.3) is 0 Å². The second-order valence-corrected chi connectivity index (χ2v) is 6.57. The number of hydrogen-bond donors (Lipinski definition) is 1. The normalized spacial score (nSPS) is 19.3. The number of piperidine rings is 1. The molecule has 1 fully saturated rings. The first-order valence-corrected chi connectivity index (χ1v) is 8.72. The molecular weight excluding hydrogens is 300 g/mol. The van der Waals surface area contributed by atoms with E-state index >= 15 is 0 Å². The Balaban J connectivity index is 1.72. The van der Waals surface area contributed by atoms with E-state index in [1.165, 1.54) is 5.56 Å². The van der Waals surface area contributed by atoms with Crippen molar-refractivity contribution in [2.45, 2.75) is 45.2 Å². The van der Waals surface area contributed by atoms with Crippen molar-refractivity contribution in [1.82, 2.24) is 14.5 Å². The predicted molar refractivity (Wildman–Crippen MR) is 94.6 cm³/mol. The summed E-state index contributed by atoms with van der Waals surface area (Å²) in [6.07, 6.45) is 6.85. The minimum atomic E-state index is -0.585. The van der Waals surface area contributed by atoms with E-state index in [-0.39, 0.29) is 5.91 Å². The van der Waals surface area contributed by atoms with E-state index in [2.05, 4.69) is 16.5 Å². The highest BCUT2D eigenvalue weighted by molar-refractivity contribution is 5.83. The molecule has 5 nitrogen and oxygen atoms in total. The van der Waals surface area contributed by atoms with E-state index in [1.807, 2.05) is 48.5 Å². The highest BCUT2D eigenvalue weighted by Crippen LogP contribution is 2.25. The Kier molecular flexibility index (Phi) is 5.00. The largest absolute Gasteiger partial charge is 0.339 e. The van der Waals surface area contributed by atoms with Gasteiger partial charge in [-0.1, -0.05) is 36.8 Å². The van der Waals surface area contributed by atoms with Gasteiger partial charge in [0.1, 0.15) is 11.9 Å². The number of amides is 1. The summed E-state index contributed by atoms with van der Waals surface area (Å²) in [5.74, 6) is 1.10.